The van der Waals surface area contributed by atoms with Gasteiger partial charge in [-0.25, -0.2) is 0 Å². The maximum absolute atomic E-state index is 12.3. The first-order valence-electron chi connectivity index (χ1n) is 5.06. The molecule has 0 saturated heterocycles. The number of carbonyl (C=O) groups excluding carboxylic acids is 1. The highest BCUT2D eigenvalue weighted by molar-refractivity contribution is 9.10. The van der Waals surface area contributed by atoms with Gasteiger partial charge in [0.1, 0.15) is 5.75 Å². The summed E-state index contributed by atoms with van der Waals surface area (Å²) in [7, 11) is 1.57. The summed E-state index contributed by atoms with van der Waals surface area (Å²) < 4.78 is 6.13. The molecule has 2 rings (SSSR count). The average molecular weight is 311 g/mol. The van der Waals surface area contributed by atoms with Gasteiger partial charge in [-0.1, -0.05) is 15.9 Å². The SMILES string of the molecule is COc1cc(Br)ccc1C(=O)c1ccsc1C. The standard InChI is InChI=1S/C13H11BrO2S/c1-8-10(5-6-17-8)13(15)11-4-3-9(14)7-12(11)16-2/h3-7H,1-2H3. The Bertz CT molecular complexity index is 560. The Kier molecular flexibility index (Phi) is 3.64. The number of hydrogen-bond donors (Lipinski definition) is 0. The van der Waals surface area contributed by atoms with Crippen LogP contribution in [0.4, 0.5) is 0 Å². The molecule has 0 aliphatic heterocycles. The lowest BCUT2D eigenvalue weighted by atomic mass is 10.0. The van der Waals surface area contributed by atoms with Gasteiger partial charge in [0.2, 0.25) is 0 Å². The van der Waals surface area contributed by atoms with E-state index in [1.165, 1.54) is 0 Å². The summed E-state index contributed by atoms with van der Waals surface area (Å²) in [5, 5.41) is 1.92. The van der Waals surface area contributed by atoms with Crippen molar-refractivity contribution in [3.8, 4) is 5.75 Å². The summed E-state index contributed by atoms with van der Waals surface area (Å²) >= 11 is 4.93. The minimum Gasteiger partial charge on any atom is -0.496 e. The van der Waals surface area contributed by atoms with Gasteiger partial charge in [-0.2, -0.15) is 0 Å². The monoisotopic (exact) mass is 310 g/mol. The summed E-state index contributed by atoms with van der Waals surface area (Å²) in [6, 6.07) is 7.28. The number of thiophene rings is 1. The van der Waals surface area contributed by atoms with E-state index in [4.69, 9.17) is 4.74 Å². The van der Waals surface area contributed by atoms with E-state index in [1.54, 1.807) is 30.6 Å². The van der Waals surface area contributed by atoms with Crippen LogP contribution in [-0.4, -0.2) is 12.9 Å². The largest absolute Gasteiger partial charge is 0.496 e. The van der Waals surface area contributed by atoms with Crippen LogP contribution in [0.5, 0.6) is 5.75 Å². The average Bonchev–Trinajstić information content (AvgIpc) is 2.74. The minimum atomic E-state index is 0.00750. The van der Waals surface area contributed by atoms with Crippen molar-refractivity contribution in [3.05, 3.63) is 50.1 Å². The van der Waals surface area contributed by atoms with Crippen LogP contribution in [0.3, 0.4) is 0 Å². The molecule has 2 nitrogen and oxygen atoms in total. The number of methoxy groups -OCH3 is 1. The van der Waals surface area contributed by atoms with Crippen molar-refractivity contribution in [2.24, 2.45) is 0 Å². The quantitative estimate of drug-likeness (QED) is 0.799. The Hall–Kier alpha value is -1.13. The maximum atomic E-state index is 12.3. The van der Waals surface area contributed by atoms with Crippen molar-refractivity contribution >= 4 is 33.0 Å². The van der Waals surface area contributed by atoms with Crippen molar-refractivity contribution in [3.63, 3.8) is 0 Å². The second-order valence-electron chi connectivity index (χ2n) is 3.56. The minimum absolute atomic E-state index is 0.00750. The molecule has 0 unspecified atom stereocenters. The molecular weight excluding hydrogens is 300 g/mol. The predicted molar refractivity (Wildman–Crippen MR) is 73.2 cm³/mol. The normalized spacial score (nSPS) is 10.3. The second-order valence-corrected chi connectivity index (χ2v) is 5.60. The Morgan fingerprint density at radius 1 is 1.29 bits per heavy atom. The lowest BCUT2D eigenvalue weighted by Crippen LogP contribution is -2.04. The molecule has 0 aliphatic carbocycles. The van der Waals surface area contributed by atoms with E-state index < -0.39 is 0 Å². The number of aryl methyl sites for hydroxylation is 1. The van der Waals surface area contributed by atoms with Gasteiger partial charge in [0.25, 0.3) is 0 Å². The number of rotatable bonds is 3. The number of ketones is 1. The first kappa shape index (κ1) is 12.3. The molecular formula is C13H11BrO2S. The zero-order chi connectivity index (χ0) is 12.4. The van der Waals surface area contributed by atoms with E-state index in [-0.39, 0.29) is 5.78 Å². The molecule has 0 bridgehead atoms. The van der Waals surface area contributed by atoms with Crippen molar-refractivity contribution in [1.82, 2.24) is 0 Å². The van der Waals surface area contributed by atoms with Crippen LogP contribution in [-0.2, 0) is 0 Å². The molecule has 1 aromatic heterocycles. The molecule has 1 heterocycles. The van der Waals surface area contributed by atoms with Crippen molar-refractivity contribution < 1.29 is 9.53 Å². The van der Waals surface area contributed by atoms with E-state index in [0.29, 0.717) is 11.3 Å². The van der Waals surface area contributed by atoms with Gasteiger partial charge in [-0.15, -0.1) is 11.3 Å². The fourth-order valence-corrected chi connectivity index (χ4v) is 2.65. The Labute approximate surface area is 112 Å². The van der Waals surface area contributed by atoms with Crippen molar-refractivity contribution in [2.45, 2.75) is 6.92 Å². The molecule has 0 radical (unpaired) electrons. The summed E-state index contributed by atoms with van der Waals surface area (Å²) in [6.07, 6.45) is 0. The zero-order valence-corrected chi connectivity index (χ0v) is 11.9. The highest BCUT2D eigenvalue weighted by Gasteiger charge is 2.17. The van der Waals surface area contributed by atoms with Crippen LogP contribution in [0.15, 0.2) is 34.1 Å². The Balaban J connectivity index is 2.48. The highest BCUT2D eigenvalue weighted by atomic mass is 79.9. The molecule has 88 valence electrons. The third-order valence-electron chi connectivity index (χ3n) is 2.51. The number of halogens is 1. The Morgan fingerprint density at radius 2 is 2.06 bits per heavy atom. The topological polar surface area (TPSA) is 26.3 Å². The molecule has 2 aromatic rings. The summed E-state index contributed by atoms with van der Waals surface area (Å²) in [4.78, 5) is 13.4. The molecule has 0 N–H and O–H groups in total. The van der Waals surface area contributed by atoms with E-state index >= 15 is 0 Å². The molecule has 0 amide bonds. The molecule has 0 saturated carbocycles. The van der Waals surface area contributed by atoms with Crippen LogP contribution in [0, 0.1) is 6.92 Å². The van der Waals surface area contributed by atoms with Crippen molar-refractivity contribution in [1.29, 1.82) is 0 Å². The zero-order valence-electron chi connectivity index (χ0n) is 9.49. The van der Waals surface area contributed by atoms with Gasteiger partial charge in [0.05, 0.1) is 12.7 Å². The second kappa shape index (κ2) is 5.02. The summed E-state index contributed by atoms with van der Waals surface area (Å²) in [5.41, 5.74) is 1.34. The molecule has 0 atom stereocenters. The Morgan fingerprint density at radius 3 is 2.65 bits per heavy atom. The molecule has 4 heteroatoms. The van der Waals surface area contributed by atoms with Crippen LogP contribution < -0.4 is 4.74 Å². The molecule has 1 aromatic carbocycles. The van der Waals surface area contributed by atoms with Gasteiger partial charge >= 0.3 is 0 Å². The van der Waals surface area contributed by atoms with Gasteiger partial charge in [0.15, 0.2) is 5.78 Å². The van der Waals surface area contributed by atoms with E-state index in [9.17, 15) is 4.79 Å². The smallest absolute Gasteiger partial charge is 0.197 e. The van der Waals surface area contributed by atoms with Gasteiger partial charge in [-0.3, -0.25) is 4.79 Å². The third-order valence-corrected chi connectivity index (χ3v) is 3.85. The fraction of sp³-hybridized carbons (Fsp3) is 0.154. The number of carbonyl (C=O) groups is 1. The summed E-state index contributed by atoms with van der Waals surface area (Å²) in [6.45, 7) is 1.95. The van der Waals surface area contributed by atoms with Crippen LogP contribution >= 0.6 is 27.3 Å². The maximum Gasteiger partial charge on any atom is 0.197 e. The van der Waals surface area contributed by atoms with E-state index in [0.717, 1.165) is 14.9 Å². The molecule has 0 spiro atoms. The highest BCUT2D eigenvalue weighted by Crippen LogP contribution is 2.27. The first-order chi connectivity index (χ1) is 8.13. The number of hydrogen-bond acceptors (Lipinski definition) is 3. The lowest BCUT2D eigenvalue weighted by Gasteiger charge is -2.07. The van der Waals surface area contributed by atoms with E-state index in [2.05, 4.69) is 15.9 Å². The molecule has 0 fully saturated rings. The predicted octanol–water partition coefficient (Wildman–Crippen LogP) is 4.06. The third kappa shape index (κ3) is 2.42. The number of ether oxygens (including phenoxy) is 1. The fourth-order valence-electron chi connectivity index (χ4n) is 1.62. The van der Waals surface area contributed by atoms with Gasteiger partial charge in [0, 0.05) is 14.9 Å². The first-order valence-corrected chi connectivity index (χ1v) is 6.73. The molecule has 17 heavy (non-hydrogen) atoms. The van der Waals surface area contributed by atoms with Crippen LogP contribution in [0.2, 0.25) is 0 Å². The summed E-state index contributed by atoms with van der Waals surface area (Å²) in [5.74, 6) is 0.600. The van der Waals surface area contributed by atoms with Gasteiger partial charge < -0.3 is 4.74 Å². The van der Waals surface area contributed by atoms with Crippen molar-refractivity contribution in [2.75, 3.05) is 7.11 Å². The number of benzene rings is 1. The lowest BCUT2D eigenvalue weighted by molar-refractivity contribution is 0.103. The van der Waals surface area contributed by atoms with Gasteiger partial charge in [-0.05, 0) is 36.6 Å². The van der Waals surface area contributed by atoms with Crippen LogP contribution in [0.25, 0.3) is 0 Å². The van der Waals surface area contributed by atoms with Crippen LogP contribution in [0.1, 0.15) is 20.8 Å². The molecule has 0 aliphatic rings. The van der Waals surface area contributed by atoms with E-state index in [1.807, 2.05) is 24.4 Å².